The Labute approximate surface area is 218 Å². The third-order valence-corrected chi connectivity index (χ3v) is 7.82. The minimum Gasteiger partial charge on any atom is -0.356 e. The van der Waals surface area contributed by atoms with Gasteiger partial charge < -0.3 is 9.80 Å². The summed E-state index contributed by atoms with van der Waals surface area (Å²) in [6, 6.07) is 10.3. The Morgan fingerprint density at radius 1 is 0.806 bits per heavy atom. The second-order valence-corrected chi connectivity index (χ2v) is 10.7. The second kappa shape index (κ2) is 14.3. The minimum absolute atomic E-state index is 0.302. The van der Waals surface area contributed by atoms with E-state index in [0.717, 1.165) is 55.4 Å². The maximum Gasteiger partial charge on any atom is 0.222 e. The van der Waals surface area contributed by atoms with E-state index < -0.39 is 0 Å². The molecule has 0 unspecified atom stereocenters. The van der Waals surface area contributed by atoms with Gasteiger partial charge in [-0.3, -0.25) is 4.79 Å². The van der Waals surface area contributed by atoms with Gasteiger partial charge in [0.1, 0.15) is 5.82 Å². The largest absolute Gasteiger partial charge is 0.356 e. The lowest BCUT2D eigenvalue weighted by Gasteiger charge is -2.32. The first-order valence-corrected chi connectivity index (χ1v) is 14.7. The van der Waals surface area contributed by atoms with Crippen molar-refractivity contribution in [2.75, 3.05) is 24.5 Å². The van der Waals surface area contributed by atoms with Crippen LogP contribution in [0.2, 0.25) is 0 Å². The number of carbonyl (C=O) groups is 1. The third kappa shape index (κ3) is 7.54. The molecule has 5 heteroatoms. The molecule has 0 saturated carbocycles. The van der Waals surface area contributed by atoms with Crippen LogP contribution in [0.25, 0.3) is 11.4 Å². The first kappa shape index (κ1) is 26.6. The highest BCUT2D eigenvalue weighted by Gasteiger charge is 2.28. The first-order valence-electron chi connectivity index (χ1n) is 14.7. The highest BCUT2D eigenvalue weighted by Crippen LogP contribution is 2.31. The molecule has 0 spiro atoms. The number of unbranched alkanes of at least 4 members (excludes halogenated alkanes) is 10. The third-order valence-electron chi connectivity index (χ3n) is 7.82. The van der Waals surface area contributed by atoms with Gasteiger partial charge in [0.05, 0.1) is 12.2 Å². The van der Waals surface area contributed by atoms with Crippen molar-refractivity contribution in [2.45, 2.75) is 110 Å². The van der Waals surface area contributed by atoms with Crippen molar-refractivity contribution in [3.8, 4) is 11.4 Å². The Balaban J connectivity index is 1.26. The topological polar surface area (TPSA) is 49.3 Å². The quantitative estimate of drug-likeness (QED) is 0.260. The fourth-order valence-corrected chi connectivity index (χ4v) is 5.61. The van der Waals surface area contributed by atoms with Gasteiger partial charge in [-0.25, -0.2) is 9.97 Å². The van der Waals surface area contributed by atoms with Gasteiger partial charge in [-0.15, -0.1) is 0 Å². The van der Waals surface area contributed by atoms with Crippen molar-refractivity contribution in [1.82, 2.24) is 14.9 Å². The Morgan fingerprint density at radius 2 is 1.44 bits per heavy atom. The monoisotopic (exact) mass is 490 g/mol. The van der Waals surface area contributed by atoms with E-state index in [4.69, 9.17) is 9.97 Å². The summed E-state index contributed by atoms with van der Waals surface area (Å²) in [7, 11) is 0. The van der Waals surface area contributed by atoms with E-state index in [0.29, 0.717) is 18.9 Å². The van der Waals surface area contributed by atoms with Crippen LogP contribution in [-0.4, -0.2) is 40.4 Å². The van der Waals surface area contributed by atoms with Gasteiger partial charge >= 0.3 is 0 Å². The van der Waals surface area contributed by atoms with Crippen molar-refractivity contribution in [1.29, 1.82) is 0 Å². The summed E-state index contributed by atoms with van der Waals surface area (Å²) in [6.07, 6.45) is 18.3. The number of fused-ring (bicyclic) bond motifs is 1. The highest BCUT2D eigenvalue weighted by atomic mass is 16.2. The second-order valence-electron chi connectivity index (χ2n) is 10.7. The lowest BCUT2D eigenvalue weighted by atomic mass is 10.0. The molecule has 5 nitrogen and oxygen atoms in total. The van der Waals surface area contributed by atoms with E-state index in [1.807, 2.05) is 18.2 Å². The van der Waals surface area contributed by atoms with Crippen LogP contribution in [0.3, 0.4) is 0 Å². The van der Waals surface area contributed by atoms with Crippen LogP contribution in [0.4, 0.5) is 5.82 Å². The smallest absolute Gasteiger partial charge is 0.222 e. The number of aromatic nitrogens is 2. The number of anilines is 1. The summed E-state index contributed by atoms with van der Waals surface area (Å²) >= 11 is 0. The summed E-state index contributed by atoms with van der Waals surface area (Å²) in [4.78, 5) is 27.5. The lowest BCUT2D eigenvalue weighted by Crippen LogP contribution is -2.38. The average molecular weight is 491 g/mol. The van der Waals surface area contributed by atoms with E-state index >= 15 is 0 Å². The van der Waals surface area contributed by atoms with E-state index in [1.54, 1.807) is 0 Å². The maximum absolute atomic E-state index is 13.1. The Morgan fingerprint density at radius 3 is 2.11 bits per heavy atom. The molecule has 1 amide bonds. The molecule has 3 heterocycles. The number of nitrogens with zero attached hydrogens (tertiary/aromatic N) is 4. The van der Waals surface area contributed by atoms with Crippen molar-refractivity contribution < 1.29 is 4.79 Å². The zero-order valence-electron chi connectivity index (χ0n) is 22.5. The maximum atomic E-state index is 13.1. The van der Waals surface area contributed by atoms with Crippen molar-refractivity contribution in [3.05, 3.63) is 41.6 Å². The van der Waals surface area contributed by atoms with Crippen LogP contribution < -0.4 is 4.90 Å². The van der Waals surface area contributed by atoms with Gasteiger partial charge in [0.25, 0.3) is 0 Å². The molecule has 2 aromatic rings. The zero-order valence-corrected chi connectivity index (χ0v) is 22.5. The molecule has 36 heavy (non-hydrogen) atoms. The normalized spacial score (nSPS) is 15.4. The van der Waals surface area contributed by atoms with E-state index in [-0.39, 0.29) is 0 Å². The van der Waals surface area contributed by atoms with Crippen LogP contribution in [0.1, 0.15) is 108 Å². The van der Waals surface area contributed by atoms with Crippen LogP contribution in [0.15, 0.2) is 30.3 Å². The number of rotatable bonds is 14. The van der Waals surface area contributed by atoms with Crippen LogP contribution in [0.5, 0.6) is 0 Å². The summed E-state index contributed by atoms with van der Waals surface area (Å²) in [5.41, 5.74) is 3.37. The van der Waals surface area contributed by atoms with Gasteiger partial charge in [0, 0.05) is 43.6 Å². The molecule has 0 bridgehead atoms. The molecule has 0 radical (unpaired) electrons. The molecule has 1 fully saturated rings. The standard InChI is InChI=1S/C31H46N4O/c1-2-3-4-5-6-7-8-9-10-11-15-20-29(36)35-24-21-28-27(25-35)31(34-22-16-17-23-34)33-30(32-28)26-18-13-12-14-19-26/h12-14,18-19H,2-11,15-17,20-25H2,1H3. The van der Waals surface area contributed by atoms with Gasteiger partial charge in [-0.2, -0.15) is 0 Å². The first-order chi connectivity index (χ1) is 17.8. The molecule has 2 aliphatic rings. The SMILES string of the molecule is CCCCCCCCCCCCCC(=O)N1CCc2nc(-c3ccccc3)nc(N3CCCC3)c2C1. The Kier molecular flexibility index (Phi) is 10.6. The number of carbonyl (C=O) groups excluding carboxylic acids is 1. The molecule has 4 rings (SSSR count). The fourth-order valence-electron chi connectivity index (χ4n) is 5.61. The molecule has 0 aliphatic carbocycles. The summed E-state index contributed by atoms with van der Waals surface area (Å²) in [5.74, 6) is 2.18. The number of hydrogen-bond donors (Lipinski definition) is 0. The summed E-state index contributed by atoms with van der Waals surface area (Å²) in [6.45, 7) is 5.80. The zero-order chi connectivity index (χ0) is 25.0. The number of benzene rings is 1. The predicted molar refractivity (Wildman–Crippen MR) is 149 cm³/mol. The van der Waals surface area contributed by atoms with Crippen molar-refractivity contribution in [3.63, 3.8) is 0 Å². The van der Waals surface area contributed by atoms with E-state index in [2.05, 4.69) is 28.9 Å². The average Bonchev–Trinajstić information content (AvgIpc) is 3.46. The van der Waals surface area contributed by atoms with Gasteiger partial charge in [0.2, 0.25) is 5.91 Å². The van der Waals surface area contributed by atoms with Gasteiger partial charge in [-0.05, 0) is 19.3 Å². The van der Waals surface area contributed by atoms with E-state index in [9.17, 15) is 4.79 Å². The Hall–Kier alpha value is -2.43. The molecule has 196 valence electrons. The predicted octanol–water partition coefficient (Wildman–Crippen LogP) is 7.33. The molecule has 0 N–H and O–H groups in total. The number of amides is 1. The van der Waals surface area contributed by atoms with Crippen LogP contribution in [0, 0.1) is 0 Å². The lowest BCUT2D eigenvalue weighted by molar-refractivity contribution is -0.132. The van der Waals surface area contributed by atoms with Crippen LogP contribution in [-0.2, 0) is 17.8 Å². The van der Waals surface area contributed by atoms with Gasteiger partial charge in [-0.1, -0.05) is 101 Å². The molecule has 1 saturated heterocycles. The molecule has 2 aliphatic heterocycles. The molecule has 1 aromatic carbocycles. The Bertz CT molecular complexity index is 939. The van der Waals surface area contributed by atoms with Crippen molar-refractivity contribution in [2.24, 2.45) is 0 Å². The fraction of sp³-hybridized carbons (Fsp3) is 0.645. The molecule has 1 aromatic heterocycles. The summed E-state index contributed by atoms with van der Waals surface area (Å²) in [5, 5.41) is 0. The highest BCUT2D eigenvalue weighted by molar-refractivity contribution is 5.77. The van der Waals surface area contributed by atoms with Crippen LogP contribution >= 0.6 is 0 Å². The molecular weight excluding hydrogens is 444 g/mol. The molecule has 0 atom stereocenters. The minimum atomic E-state index is 0.302. The summed E-state index contributed by atoms with van der Waals surface area (Å²) < 4.78 is 0. The van der Waals surface area contributed by atoms with E-state index in [1.165, 1.54) is 82.6 Å². The molecular formula is C31H46N4O. The number of hydrogen-bond acceptors (Lipinski definition) is 4. The van der Waals surface area contributed by atoms with Gasteiger partial charge in [0.15, 0.2) is 5.82 Å². The van der Waals surface area contributed by atoms with Crippen molar-refractivity contribution >= 4 is 11.7 Å².